The van der Waals surface area contributed by atoms with Crippen molar-refractivity contribution in [1.29, 1.82) is 0 Å². The normalized spacial score (nSPS) is 13.8. The van der Waals surface area contributed by atoms with Gasteiger partial charge >= 0.3 is 0 Å². The minimum absolute atomic E-state index is 0.620. The topological polar surface area (TPSA) is 71.5 Å². The Morgan fingerprint density at radius 1 is 1.25 bits per heavy atom. The zero-order valence-electron chi connectivity index (χ0n) is 10.8. The molecule has 6 nitrogen and oxygen atoms in total. The predicted octanol–water partition coefficient (Wildman–Crippen LogP) is 1.71. The Labute approximate surface area is 115 Å². The molecule has 2 aromatic heterocycles. The summed E-state index contributed by atoms with van der Waals surface area (Å²) in [5.41, 5.74) is 5.98. The number of rotatable bonds is 2. The summed E-state index contributed by atoms with van der Waals surface area (Å²) in [4.78, 5) is 11.2. The Morgan fingerprint density at radius 2 is 2.15 bits per heavy atom. The van der Waals surface area contributed by atoms with Gasteiger partial charge in [-0.15, -0.1) is 0 Å². The number of hydrogen-bond donors (Lipinski definition) is 2. The molecule has 0 bridgehead atoms. The van der Waals surface area contributed by atoms with E-state index in [4.69, 9.17) is 5.84 Å². The van der Waals surface area contributed by atoms with E-state index in [2.05, 4.69) is 38.5 Å². The Balaban J connectivity index is 1.93. The first-order valence-electron chi connectivity index (χ1n) is 6.52. The van der Waals surface area contributed by atoms with Gasteiger partial charge in [-0.3, -0.25) is 0 Å². The second-order valence-electron chi connectivity index (χ2n) is 4.78. The lowest BCUT2D eigenvalue weighted by atomic mass is 10.2. The highest BCUT2D eigenvalue weighted by Gasteiger charge is 2.23. The number of anilines is 3. The van der Waals surface area contributed by atoms with Crippen molar-refractivity contribution < 1.29 is 0 Å². The summed E-state index contributed by atoms with van der Waals surface area (Å²) in [5.74, 6) is 6.96. The lowest BCUT2D eigenvalue weighted by molar-refractivity contribution is 0.962. The molecule has 6 heteroatoms. The third-order valence-corrected chi connectivity index (χ3v) is 3.65. The van der Waals surface area contributed by atoms with E-state index >= 15 is 0 Å². The van der Waals surface area contributed by atoms with E-state index in [1.807, 2.05) is 22.9 Å². The predicted molar refractivity (Wildman–Crippen MR) is 77.9 cm³/mol. The van der Waals surface area contributed by atoms with E-state index < -0.39 is 0 Å². The SMILES string of the molecule is NNc1cn2ccnc2c(N2CCc3ccccc32)n1. The summed E-state index contributed by atoms with van der Waals surface area (Å²) in [6, 6.07) is 8.39. The molecule has 0 radical (unpaired) electrons. The third kappa shape index (κ3) is 1.55. The van der Waals surface area contributed by atoms with Crippen LogP contribution in [0.25, 0.3) is 5.65 Å². The molecule has 3 N–H and O–H groups in total. The van der Waals surface area contributed by atoms with Crippen LogP contribution in [0.3, 0.4) is 0 Å². The number of nitrogens with zero attached hydrogens (tertiary/aromatic N) is 4. The first-order valence-corrected chi connectivity index (χ1v) is 6.52. The molecule has 0 saturated carbocycles. The van der Waals surface area contributed by atoms with Crippen molar-refractivity contribution in [3.63, 3.8) is 0 Å². The number of hydrogen-bond acceptors (Lipinski definition) is 5. The maximum absolute atomic E-state index is 5.51. The first kappa shape index (κ1) is 11.2. The van der Waals surface area contributed by atoms with E-state index in [1.165, 1.54) is 11.3 Å². The Bertz CT molecular complexity index is 778. The third-order valence-electron chi connectivity index (χ3n) is 3.65. The standard InChI is InChI=1S/C14H14N6/c15-18-12-9-19-8-6-16-13(19)14(17-12)20-7-5-10-3-1-2-4-11(10)20/h1-4,6,8-9,18H,5,7,15H2. The van der Waals surface area contributed by atoms with Gasteiger partial charge in [0.25, 0.3) is 0 Å². The van der Waals surface area contributed by atoms with Gasteiger partial charge in [-0.1, -0.05) is 18.2 Å². The van der Waals surface area contributed by atoms with Gasteiger partial charge in [0.15, 0.2) is 17.3 Å². The second-order valence-corrected chi connectivity index (χ2v) is 4.78. The molecule has 100 valence electrons. The van der Waals surface area contributed by atoms with Crippen molar-refractivity contribution in [3.05, 3.63) is 48.4 Å². The van der Waals surface area contributed by atoms with Gasteiger partial charge in [-0.25, -0.2) is 15.8 Å². The van der Waals surface area contributed by atoms with Gasteiger partial charge in [0, 0.05) is 24.6 Å². The van der Waals surface area contributed by atoms with Gasteiger partial charge in [0.1, 0.15) is 0 Å². The molecule has 20 heavy (non-hydrogen) atoms. The molecule has 3 aromatic rings. The summed E-state index contributed by atoms with van der Waals surface area (Å²) in [6.07, 6.45) is 6.50. The van der Waals surface area contributed by atoms with Crippen LogP contribution in [-0.2, 0) is 6.42 Å². The van der Waals surface area contributed by atoms with Crippen LogP contribution in [0.15, 0.2) is 42.9 Å². The molecule has 0 atom stereocenters. The summed E-state index contributed by atoms with van der Waals surface area (Å²) in [6.45, 7) is 0.906. The number of fused-ring (bicyclic) bond motifs is 2. The average Bonchev–Trinajstić information content (AvgIpc) is 3.12. The number of nitrogens with one attached hydrogen (secondary N) is 1. The van der Waals surface area contributed by atoms with Crippen molar-refractivity contribution in [2.24, 2.45) is 5.84 Å². The zero-order chi connectivity index (χ0) is 13.5. The van der Waals surface area contributed by atoms with E-state index in [9.17, 15) is 0 Å². The van der Waals surface area contributed by atoms with Crippen LogP contribution in [-0.4, -0.2) is 20.9 Å². The Hall–Kier alpha value is -2.60. The van der Waals surface area contributed by atoms with Crippen LogP contribution in [0.2, 0.25) is 0 Å². The molecular formula is C14H14N6. The number of para-hydroxylation sites is 1. The van der Waals surface area contributed by atoms with Crippen LogP contribution in [0.4, 0.5) is 17.3 Å². The van der Waals surface area contributed by atoms with Gasteiger partial charge in [-0.05, 0) is 18.1 Å². The largest absolute Gasteiger partial charge is 0.323 e. The lowest BCUT2D eigenvalue weighted by Crippen LogP contribution is -2.18. The fraction of sp³-hybridized carbons (Fsp3) is 0.143. The fourth-order valence-corrected chi connectivity index (χ4v) is 2.72. The molecule has 4 rings (SSSR count). The molecule has 0 spiro atoms. The Kier molecular flexibility index (Phi) is 2.37. The molecule has 0 fully saturated rings. The highest BCUT2D eigenvalue weighted by Crippen LogP contribution is 2.35. The molecule has 0 aliphatic carbocycles. The number of nitrogen functional groups attached to an aromatic ring is 1. The molecule has 1 aliphatic rings. The molecular weight excluding hydrogens is 252 g/mol. The molecule has 3 heterocycles. The number of nitrogens with two attached hydrogens (primary N) is 1. The summed E-state index contributed by atoms with van der Waals surface area (Å²) >= 11 is 0. The van der Waals surface area contributed by atoms with E-state index in [0.717, 1.165) is 24.4 Å². The highest BCUT2D eigenvalue weighted by molar-refractivity contribution is 5.77. The summed E-state index contributed by atoms with van der Waals surface area (Å²) in [5, 5.41) is 0. The minimum atomic E-state index is 0.620. The zero-order valence-corrected chi connectivity index (χ0v) is 10.8. The van der Waals surface area contributed by atoms with Crippen molar-refractivity contribution in [2.45, 2.75) is 6.42 Å². The van der Waals surface area contributed by atoms with Crippen LogP contribution in [0.5, 0.6) is 0 Å². The number of imidazole rings is 1. The lowest BCUT2D eigenvalue weighted by Gasteiger charge is -2.19. The second kappa shape index (κ2) is 4.21. The summed E-state index contributed by atoms with van der Waals surface area (Å²) in [7, 11) is 0. The Morgan fingerprint density at radius 3 is 3.05 bits per heavy atom. The maximum atomic E-state index is 5.51. The van der Waals surface area contributed by atoms with Crippen molar-refractivity contribution in [3.8, 4) is 0 Å². The van der Waals surface area contributed by atoms with Crippen molar-refractivity contribution >= 4 is 23.0 Å². The average molecular weight is 266 g/mol. The highest BCUT2D eigenvalue weighted by atomic mass is 15.3. The maximum Gasteiger partial charge on any atom is 0.180 e. The smallest absolute Gasteiger partial charge is 0.180 e. The quantitative estimate of drug-likeness (QED) is 0.546. The van der Waals surface area contributed by atoms with Crippen molar-refractivity contribution in [2.75, 3.05) is 16.9 Å². The van der Waals surface area contributed by atoms with Crippen LogP contribution in [0, 0.1) is 0 Å². The molecule has 0 unspecified atom stereocenters. The molecule has 1 aromatic carbocycles. The first-order chi connectivity index (χ1) is 9.86. The minimum Gasteiger partial charge on any atom is -0.323 e. The van der Waals surface area contributed by atoms with Gasteiger partial charge in [0.05, 0.1) is 6.20 Å². The molecule has 0 saturated heterocycles. The van der Waals surface area contributed by atoms with Crippen LogP contribution in [0.1, 0.15) is 5.56 Å². The van der Waals surface area contributed by atoms with Crippen LogP contribution < -0.4 is 16.2 Å². The monoisotopic (exact) mass is 266 g/mol. The van der Waals surface area contributed by atoms with Gasteiger partial charge in [0.2, 0.25) is 0 Å². The molecule has 0 amide bonds. The van der Waals surface area contributed by atoms with E-state index in [-0.39, 0.29) is 0 Å². The summed E-state index contributed by atoms with van der Waals surface area (Å²) < 4.78 is 1.93. The van der Waals surface area contributed by atoms with E-state index in [1.54, 1.807) is 6.20 Å². The van der Waals surface area contributed by atoms with Crippen LogP contribution >= 0.6 is 0 Å². The van der Waals surface area contributed by atoms with Gasteiger partial charge < -0.3 is 14.7 Å². The number of hydrazine groups is 1. The fourth-order valence-electron chi connectivity index (χ4n) is 2.72. The number of aromatic nitrogens is 3. The molecule has 1 aliphatic heterocycles. The van der Waals surface area contributed by atoms with Gasteiger partial charge in [-0.2, -0.15) is 0 Å². The van der Waals surface area contributed by atoms with Crippen molar-refractivity contribution in [1.82, 2.24) is 14.4 Å². The number of benzene rings is 1. The van der Waals surface area contributed by atoms with E-state index in [0.29, 0.717) is 5.82 Å².